The van der Waals surface area contributed by atoms with Gasteiger partial charge in [-0.05, 0) is 59.4 Å². The summed E-state index contributed by atoms with van der Waals surface area (Å²) in [6.07, 6.45) is 7.57. The third-order valence-electron chi connectivity index (χ3n) is 6.35. The number of carbonyl (C=O) groups is 1. The van der Waals surface area contributed by atoms with Gasteiger partial charge in [0.25, 0.3) is 0 Å². The summed E-state index contributed by atoms with van der Waals surface area (Å²) in [5.41, 5.74) is 4.07. The van der Waals surface area contributed by atoms with E-state index in [4.69, 9.17) is 4.63 Å². The predicted molar refractivity (Wildman–Crippen MR) is 108 cm³/mol. The molecule has 5 rings (SSSR count). The van der Waals surface area contributed by atoms with Gasteiger partial charge in [-0.3, -0.25) is 14.7 Å². The smallest absolute Gasteiger partial charge is 0.222 e. The van der Waals surface area contributed by atoms with E-state index in [-0.39, 0.29) is 11.3 Å². The molecule has 2 aromatic heterocycles. The molecule has 0 saturated carbocycles. The third kappa shape index (κ3) is 3.74. The van der Waals surface area contributed by atoms with Crippen LogP contribution in [0.3, 0.4) is 0 Å². The highest BCUT2D eigenvalue weighted by Gasteiger charge is 2.41. The number of carbonyl (C=O) groups excluding carboxylic acids is 1. The zero-order valence-electron chi connectivity index (χ0n) is 16.5. The van der Waals surface area contributed by atoms with Crippen LogP contribution in [0.2, 0.25) is 0 Å². The van der Waals surface area contributed by atoms with Crippen LogP contribution in [-0.4, -0.2) is 50.6 Å². The standard InChI is InChI=1S/C22H25N5O2/c28-20-7-9-22(16-27(20)13-17-4-2-10-23-12-17)8-3-11-26(15-22)14-18-5-1-6-19-21(18)25-29-24-19/h1-2,4-6,10,12H,3,7-9,11,13-16H2/t22-/m0/s1. The number of piperidine rings is 2. The van der Waals surface area contributed by atoms with Gasteiger partial charge in [0.2, 0.25) is 5.91 Å². The molecular formula is C22H25N5O2. The number of hydrogen-bond donors (Lipinski definition) is 0. The van der Waals surface area contributed by atoms with Crippen molar-refractivity contribution in [1.29, 1.82) is 0 Å². The Morgan fingerprint density at radius 1 is 1.07 bits per heavy atom. The lowest BCUT2D eigenvalue weighted by Gasteiger charge is -2.48. The quantitative estimate of drug-likeness (QED) is 0.681. The first-order chi connectivity index (χ1) is 14.2. The first kappa shape index (κ1) is 18.2. The fraction of sp³-hybridized carbons (Fsp3) is 0.455. The second-order valence-corrected chi connectivity index (χ2v) is 8.47. The van der Waals surface area contributed by atoms with Gasteiger partial charge in [0, 0.05) is 50.4 Å². The summed E-state index contributed by atoms with van der Waals surface area (Å²) in [5.74, 6) is 0.259. The summed E-state index contributed by atoms with van der Waals surface area (Å²) in [5, 5.41) is 8.05. The lowest BCUT2D eigenvalue weighted by atomic mass is 9.73. The summed E-state index contributed by atoms with van der Waals surface area (Å²) in [4.78, 5) is 21.3. The molecule has 7 heteroatoms. The molecule has 1 aromatic carbocycles. The first-order valence-corrected chi connectivity index (χ1v) is 10.3. The van der Waals surface area contributed by atoms with Crippen LogP contribution in [0.15, 0.2) is 47.4 Å². The van der Waals surface area contributed by atoms with Crippen molar-refractivity contribution in [2.75, 3.05) is 19.6 Å². The zero-order valence-corrected chi connectivity index (χ0v) is 16.5. The molecule has 1 amide bonds. The number of hydrogen-bond acceptors (Lipinski definition) is 6. The molecule has 0 aliphatic carbocycles. The average molecular weight is 391 g/mol. The minimum atomic E-state index is 0.171. The number of aromatic nitrogens is 3. The van der Waals surface area contributed by atoms with Crippen molar-refractivity contribution in [2.24, 2.45) is 5.41 Å². The number of rotatable bonds is 4. The summed E-state index contributed by atoms with van der Waals surface area (Å²) in [7, 11) is 0. The number of nitrogens with zero attached hydrogens (tertiary/aromatic N) is 5. The molecule has 2 fully saturated rings. The molecule has 150 valence electrons. The molecule has 3 aromatic rings. The Balaban J connectivity index is 1.31. The van der Waals surface area contributed by atoms with Gasteiger partial charge in [-0.2, -0.15) is 0 Å². The van der Waals surface area contributed by atoms with E-state index in [0.717, 1.165) is 61.2 Å². The van der Waals surface area contributed by atoms with E-state index in [1.807, 2.05) is 35.4 Å². The Morgan fingerprint density at radius 3 is 2.93 bits per heavy atom. The van der Waals surface area contributed by atoms with Crippen LogP contribution in [0.25, 0.3) is 11.0 Å². The highest BCUT2D eigenvalue weighted by molar-refractivity contribution is 5.77. The Hall–Kier alpha value is -2.80. The maximum atomic E-state index is 12.6. The lowest BCUT2D eigenvalue weighted by molar-refractivity contribution is -0.140. The Bertz CT molecular complexity index is 1000. The number of likely N-dealkylation sites (tertiary alicyclic amines) is 2. The number of benzene rings is 1. The predicted octanol–water partition coefficient (Wildman–Crippen LogP) is 3.02. The minimum absolute atomic E-state index is 0.171. The molecule has 2 aliphatic rings. The van der Waals surface area contributed by atoms with Crippen molar-refractivity contribution in [1.82, 2.24) is 25.1 Å². The number of fused-ring (bicyclic) bond motifs is 1. The van der Waals surface area contributed by atoms with Crippen LogP contribution >= 0.6 is 0 Å². The van der Waals surface area contributed by atoms with E-state index in [2.05, 4.69) is 26.3 Å². The molecule has 0 unspecified atom stereocenters. The minimum Gasteiger partial charge on any atom is -0.338 e. The van der Waals surface area contributed by atoms with Gasteiger partial charge >= 0.3 is 0 Å². The molecule has 0 radical (unpaired) electrons. The van der Waals surface area contributed by atoms with Crippen LogP contribution in [-0.2, 0) is 17.9 Å². The largest absolute Gasteiger partial charge is 0.338 e. The maximum Gasteiger partial charge on any atom is 0.222 e. The van der Waals surface area contributed by atoms with Gasteiger partial charge in [-0.1, -0.05) is 18.2 Å². The highest BCUT2D eigenvalue weighted by Crippen LogP contribution is 2.39. The van der Waals surface area contributed by atoms with Gasteiger partial charge in [-0.15, -0.1) is 0 Å². The van der Waals surface area contributed by atoms with E-state index < -0.39 is 0 Å². The number of amides is 1. The molecule has 2 saturated heterocycles. The molecule has 1 atom stereocenters. The monoisotopic (exact) mass is 391 g/mol. The van der Waals surface area contributed by atoms with Crippen LogP contribution in [0.1, 0.15) is 36.8 Å². The molecule has 0 bridgehead atoms. The zero-order chi connectivity index (χ0) is 19.7. The van der Waals surface area contributed by atoms with E-state index in [1.54, 1.807) is 6.20 Å². The van der Waals surface area contributed by atoms with Crippen molar-refractivity contribution in [3.05, 3.63) is 53.9 Å². The van der Waals surface area contributed by atoms with Gasteiger partial charge in [0.1, 0.15) is 11.0 Å². The van der Waals surface area contributed by atoms with Crippen LogP contribution in [0, 0.1) is 5.41 Å². The van der Waals surface area contributed by atoms with Gasteiger partial charge < -0.3 is 4.90 Å². The molecule has 2 aliphatic heterocycles. The third-order valence-corrected chi connectivity index (χ3v) is 6.35. The van der Waals surface area contributed by atoms with E-state index in [9.17, 15) is 4.79 Å². The SMILES string of the molecule is O=C1CC[C@]2(CCCN(Cc3cccc4nonc34)C2)CN1Cc1cccnc1. The molecule has 29 heavy (non-hydrogen) atoms. The summed E-state index contributed by atoms with van der Waals surface area (Å²) >= 11 is 0. The van der Waals surface area contributed by atoms with E-state index >= 15 is 0 Å². The Labute approximate surface area is 169 Å². The van der Waals surface area contributed by atoms with Crippen molar-refractivity contribution in [2.45, 2.75) is 38.8 Å². The van der Waals surface area contributed by atoms with Gasteiger partial charge in [0.05, 0.1) is 0 Å². The second kappa shape index (κ2) is 7.55. The van der Waals surface area contributed by atoms with Crippen molar-refractivity contribution in [3.63, 3.8) is 0 Å². The van der Waals surface area contributed by atoms with Crippen LogP contribution in [0.4, 0.5) is 0 Å². The molecular weight excluding hydrogens is 366 g/mol. The van der Waals surface area contributed by atoms with E-state index in [0.29, 0.717) is 13.0 Å². The highest BCUT2D eigenvalue weighted by atomic mass is 16.6. The van der Waals surface area contributed by atoms with Crippen molar-refractivity contribution in [3.8, 4) is 0 Å². The van der Waals surface area contributed by atoms with Gasteiger partial charge in [0.15, 0.2) is 0 Å². The number of pyridine rings is 1. The molecule has 0 N–H and O–H groups in total. The topological polar surface area (TPSA) is 75.4 Å². The summed E-state index contributed by atoms with van der Waals surface area (Å²) in [6.45, 7) is 4.39. The normalized spacial score (nSPS) is 23.2. The van der Waals surface area contributed by atoms with Crippen LogP contribution in [0.5, 0.6) is 0 Å². The lowest BCUT2D eigenvalue weighted by Crippen LogP contribution is -2.53. The maximum absolute atomic E-state index is 12.6. The van der Waals surface area contributed by atoms with Crippen molar-refractivity contribution < 1.29 is 9.42 Å². The second-order valence-electron chi connectivity index (χ2n) is 8.47. The van der Waals surface area contributed by atoms with Crippen molar-refractivity contribution >= 4 is 16.9 Å². The molecule has 7 nitrogen and oxygen atoms in total. The Kier molecular flexibility index (Phi) is 4.75. The fourth-order valence-electron chi connectivity index (χ4n) is 4.97. The van der Waals surface area contributed by atoms with Crippen LogP contribution < -0.4 is 0 Å². The summed E-state index contributed by atoms with van der Waals surface area (Å²) in [6, 6.07) is 10.0. The molecule has 4 heterocycles. The molecule has 1 spiro atoms. The fourth-order valence-corrected chi connectivity index (χ4v) is 4.97. The average Bonchev–Trinajstić information content (AvgIpc) is 3.22. The van der Waals surface area contributed by atoms with Gasteiger partial charge in [-0.25, -0.2) is 4.63 Å². The summed E-state index contributed by atoms with van der Waals surface area (Å²) < 4.78 is 4.92. The Morgan fingerprint density at radius 2 is 2.03 bits per heavy atom. The van der Waals surface area contributed by atoms with E-state index in [1.165, 1.54) is 6.42 Å². The first-order valence-electron chi connectivity index (χ1n) is 10.3.